The summed E-state index contributed by atoms with van der Waals surface area (Å²) < 4.78 is 47.3. The summed E-state index contributed by atoms with van der Waals surface area (Å²) in [5, 5.41) is 0. The van der Waals surface area contributed by atoms with Gasteiger partial charge in [0.2, 0.25) is 0 Å². The maximum absolute atomic E-state index is 9.82. The van der Waals surface area contributed by atoms with E-state index in [4.69, 9.17) is 0 Å². The van der Waals surface area contributed by atoms with Gasteiger partial charge in [-0.05, 0) is 36.2 Å². The van der Waals surface area contributed by atoms with E-state index in [1.807, 2.05) is 0 Å². The van der Waals surface area contributed by atoms with Crippen molar-refractivity contribution in [1.29, 1.82) is 0 Å². The molecule has 90 valence electrons. The molecule has 0 aliphatic carbocycles. The first kappa shape index (κ1) is 27.0. The molecule has 0 heterocycles. The van der Waals surface area contributed by atoms with E-state index in [0.717, 1.165) is 0 Å². The van der Waals surface area contributed by atoms with Gasteiger partial charge < -0.3 is 9.11 Å². The van der Waals surface area contributed by atoms with Crippen LogP contribution in [0.5, 0.6) is 0 Å². The van der Waals surface area contributed by atoms with Crippen molar-refractivity contribution < 1.29 is 53.6 Å². The molecule has 0 aliphatic rings. The van der Waals surface area contributed by atoms with Crippen molar-refractivity contribution in [3.63, 3.8) is 0 Å². The van der Waals surface area contributed by atoms with E-state index in [1.54, 1.807) is 13.8 Å². The second-order valence-electron chi connectivity index (χ2n) is 1.63. The topological polar surface area (TPSA) is 98.7 Å². The monoisotopic (exact) mass is 508 g/mol. The fourth-order valence-corrected chi connectivity index (χ4v) is 1.44. The molecular weight excluding hydrogens is 496 g/mol. The summed E-state index contributed by atoms with van der Waals surface area (Å²) in [5.41, 5.74) is 0. The van der Waals surface area contributed by atoms with Crippen LogP contribution in [0.4, 0.5) is 0 Å². The third kappa shape index (κ3) is 36.0. The molecule has 0 fully saturated rings. The van der Waals surface area contributed by atoms with E-state index >= 15 is 0 Å². The van der Waals surface area contributed by atoms with Gasteiger partial charge in [0.25, 0.3) is 0 Å². The Morgan fingerprint density at radius 2 is 1.19 bits per heavy atom. The van der Waals surface area contributed by atoms with Gasteiger partial charge in [0.1, 0.15) is 0 Å². The van der Waals surface area contributed by atoms with E-state index in [9.17, 15) is 17.5 Å². The molecule has 0 N–H and O–H groups in total. The molecular formula is C4H11HgNaO6S4. The molecule has 0 spiro atoms. The third-order valence-corrected chi connectivity index (χ3v) is 2.15. The van der Waals surface area contributed by atoms with Gasteiger partial charge in [0, 0.05) is 0 Å². The van der Waals surface area contributed by atoms with Crippen LogP contribution in [-0.2, 0) is 76.5 Å². The molecule has 0 amide bonds. The summed E-state index contributed by atoms with van der Waals surface area (Å²) in [4.78, 5) is 0. The van der Waals surface area contributed by atoms with Gasteiger partial charge in [-0.1, -0.05) is 0 Å². The Bertz CT molecular complexity index is 292. The van der Waals surface area contributed by atoms with Crippen LogP contribution in [0.2, 0.25) is 0 Å². The summed E-state index contributed by atoms with van der Waals surface area (Å²) in [7, 11) is -7.18. The molecule has 0 aromatic heterocycles. The average Bonchev–Trinajstić information content (AvgIpc) is 1.81. The first-order chi connectivity index (χ1) is 6.12. The van der Waals surface area contributed by atoms with Crippen LogP contribution in [0.1, 0.15) is 13.8 Å². The van der Waals surface area contributed by atoms with Gasteiger partial charge in [0.05, 0.1) is 31.3 Å². The summed E-state index contributed by atoms with van der Waals surface area (Å²) in [6.07, 6.45) is 0. The zero-order valence-electron chi connectivity index (χ0n) is 8.20. The van der Waals surface area contributed by atoms with Gasteiger partial charge >= 0.3 is 57.2 Å². The Morgan fingerprint density at radius 1 is 1.00 bits per heavy atom. The van der Waals surface area contributed by atoms with Gasteiger partial charge in [-0.25, -0.2) is 8.42 Å². The zero-order valence-corrected chi connectivity index (χ0v) is 17.0. The van der Waals surface area contributed by atoms with Crippen molar-refractivity contribution in [2.24, 2.45) is 0 Å². The first-order valence-corrected chi connectivity index (χ1v) is 7.99. The van der Waals surface area contributed by atoms with Crippen molar-refractivity contribution in [2.75, 3.05) is 13.2 Å². The SMILES string of the molecule is CCOS(=O)([O-])=S.CCOS(=O)([O-])=S.[Hg+2].[NaH]. The van der Waals surface area contributed by atoms with Crippen LogP contribution in [0.15, 0.2) is 0 Å². The van der Waals surface area contributed by atoms with Crippen LogP contribution in [0, 0.1) is 0 Å². The summed E-state index contributed by atoms with van der Waals surface area (Å²) in [5.74, 6) is 0. The first-order valence-electron chi connectivity index (χ1n) is 3.32. The fraction of sp³-hybridized carbons (Fsp3) is 1.00. The predicted molar refractivity (Wildman–Crippen MR) is 63.0 cm³/mol. The molecule has 0 bridgehead atoms. The van der Waals surface area contributed by atoms with E-state index in [1.165, 1.54) is 0 Å². The molecule has 0 radical (unpaired) electrons. The molecule has 0 aromatic rings. The third-order valence-electron chi connectivity index (χ3n) is 0.524. The molecule has 0 saturated carbocycles. The molecule has 0 saturated heterocycles. The van der Waals surface area contributed by atoms with Crippen LogP contribution in [-0.4, -0.2) is 60.3 Å². The summed E-state index contributed by atoms with van der Waals surface area (Å²) >= 11 is 7.67. The maximum atomic E-state index is 9.82. The Morgan fingerprint density at radius 3 is 1.19 bits per heavy atom. The summed E-state index contributed by atoms with van der Waals surface area (Å²) in [6, 6.07) is 0. The second-order valence-corrected chi connectivity index (χ2v) is 6.18. The molecule has 6 nitrogen and oxygen atoms in total. The second kappa shape index (κ2) is 13.9. The van der Waals surface area contributed by atoms with Crippen LogP contribution < -0.4 is 0 Å². The van der Waals surface area contributed by atoms with Crippen molar-refractivity contribution in [2.45, 2.75) is 13.8 Å². The van der Waals surface area contributed by atoms with E-state index in [2.05, 4.69) is 30.7 Å². The van der Waals surface area contributed by atoms with E-state index in [-0.39, 0.29) is 70.4 Å². The van der Waals surface area contributed by atoms with Crippen LogP contribution in [0.25, 0.3) is 0 Å². The van der Waals surface area contributed by atoms with Crippen LogP contribution in [0.3, 0.4) is 0 Å². The molecule has 12 heteroatoms. The van der Waals surface area contributed by atoms with Crippen molar-refractivity contribution in [3.05, 3.63) is 0 Å². The number of rotatable bonds is 4. The van der Waals surface area contributed by atoms with Crippen LogP contribution >= 0.6 is 0 Å². The zero-order chi connectivity index (χ0) is 11.8. The predicted octanol–water partition coefficient (Wildman–Crippen LogP) is -1.02. The molecule has 16 heavy (non-hydrogen) atoms. The Hall–Kier alpha value is 2.52. The van der Waals surface area contributed by atoms with Crippen molar-refractivity contribution in [3.8, 4) is 0 Å². The van der Waals surface area contributed by atoms with Crippen molar-refractivity contribution >= 4 is 70.0 Å². The number of hydrogen-bond acceptors (Lipinski definition) is 8. The molecule has 0 aromatic carbocycles. The standard InChI is InChI=1S/2C2H6O3S2.Hg.Na.H/c2*1-2-5-7(3,4)6;;;/h2*2H2,1H3,(H,3,4,6);;;/q;;+2;;/p-2. The average molecular weight is 507 g/mol. The van der Waals surface area contributed by atoms with Gasteiger partial charge in [-0.15, -0.1) is 0 Å². The minimum absolute atomic E-state index is 0. The van der Waals surface area contributed by atoms with E-state index in [0.29, 0.717) is 0 Å². The molecule has 2 unspecified atom stereocenters. The molecule has 0 rings (SSSR count). The Kier molecular flexibility index (Phi) is 23.5. The summed E-state index contributed by atoms with van der Waals surface area (Å²) in [6.45, 7) is 3.35. The van der Waals surface area contributed by atoms with Gasteiger partial charge in [-0.3, -0.25) is 8.37 Å². The Balaban J connectivity index is -0.0000000800. The van der Waals surface area contributed by atoms with Gasteiger partial charge in [-0.2, -0.15) is 0 Å². The minimum atomic E-state index is -3.59. The molecule has 2 atom stereocenters. The quantitative estimate of drug-likeness (QED) is 0.447. The van der Waals surface area contributed by atoms with Gasteiger partial charge in [0.15, 0.2) is 0 Å². The molecule has 0 aliphatic heterocycles. The number of hydrogen-bond donors (Lipinski definition) is 0. The van der Waals surface area contributed by atoms with Crippen molar-refractivity contribution in [1.82, 2.24) is 0 Å². The fourth-order valence-electron chi connectivity index (χ4n) is 0.289. The normalized spacial score (nSPS) is 16.2. The van der Waals surface area contributed by atoms with E-state index < -0.39 is 18.1 Å². The Labute approximate surface area is 148 Å².